The quantitative estimate of drug-likeness (QED) is 0.433. The molecule has 0 aromatic heterocycles. The third-order valence-corrected chi connectivity index (χ3v) is 3.26. The summed E-state index contributed by atoms with van der Waals surface area (Å²) in [6.07, 6.45) is -1.44. The average Bonchev–Trinajstić information content (AvgIpc) is 2.52. The standard InChI is InChI=1S/C20H27N3O6/c1-19(2,3)28-17(25)23-15(16(24)12-22-21)11-13-7-9-14(10-8-13)27-18(26)29-20(4,5)6/h7-10,15H,11-12H2,1-6H3/p+1/t15-/m0/s1. The Morgan fingerprint density at radius 2 is 1.55 bits per heavy atom. The minimum Gasteiger partial charge on any atom is -0.444 e. The summed E-state index contributed by atoms with van der Waals surface area (Å²) < 4.78 is 15.3. The monoisotopic (exact) mass is 406 g/mol. The van der Waals surface area contributed by atoms with Gasteiger partial charge in [-0.2, -0.15) is 0 Å². The Morgan fingerprint density at radius 3 is 2.03 bits per heavy atom. The number of alkyl carbamates (subject to hydrolysis) is 1. The van der Waals surface area contributed by atoms with Crippen molar-refractivity contribution in [2.24, 2.45) is 0 Å². The van der Waals surface area contributed by atoms with E-state index in [0.717, 1.165) is 0 Å². The Kier molecular flexibility index (Phi) is 8.13. The molecule has 0 spiro atoms. The fourth-order valence-corrected chi connectivity index (χ4v) is 2.17. The van der Waals surface area contributed by atoms with Crippen molar-refractivity contribution < 1.29 is 28.6 Å². The molecule has 0 aliphatic carbocycles. The van der Waals surface area contributed by atoms with Crippen LogP contribution in [0.3, 0.4) is 0 Å². The Bertz CT molecular complexity index is 769. The molecule has 9 heteroatoms. The molecular formula is C20H28N3O6+. The van der Waals surface area contributed by atoms with Crippen LogP contribution in [0.4, 0.5) is 9.59 Å². The molecule has 0 heterocycles. The first-order chi connectivity index (χ1) is 13.3. The molecule has 1 atom stereocenters. The van der Waals surface area contributed by atoms with Crippen LogP contribution in [0.5, 0.6) is 5.75 Å². The molecule has 0 aliphatic heterocycles. The molecule has 1 aromatic carbocycles. The minimum atomic E-state index is -0.946. The molecule has 1 rings (SSSR count). The lowest BCUT2D eigenvalue weighted by Crippen LogP contribution is -2.45. The third-order valence-electron chi connectivity index (χ3n) is 3.26. The number of hydrogen-bond donors (Lipinski definition) is 1. The largest absolute Gasteiger partial charge is 0.514 e. The third kappa shape index (κ3) is 10.1. The number of hydrogen-bond acceptors (Lipinski definition) is 7. The Morgan fingerprint density at radius 1 is 1.00 bits per heavy atom. The molecule has 0 unspecified atom stereocenters. The molecule has 158 valence electrons. The van der Waals surface area contributed by atoms with Gasteiger partial charge in [0, 0.05) is 6.42 Å². The lowest BCUT2D eigenvalue weighted by atomic mass is 10.0. The highest BCUT2D eigenvalue weighted by Crippen LogP contribution is 2.17. The number of ether oxygens (including phenoxy) is 3. The van der Waals surface area contributed by atoms with Gasteiger partial charge >= 0.3 is 18.8 Å². The van der Waals surface area contributed by atoms with E-state index in [1.165, 1.54) is 0 Å². The predicted molar refractivity (Wildman–Crippen MR) is 105 cm³/mol. The summed E-state index contributed by atoms with van der Waals surface area (Å²) >= 11 is 0. The van der Waals surface area contributed by atoms with E-state index in [1.807, 2.05) is 0 Å². The second-order valence-electron chi connectivity index (χ2n) is 8.38. The van der Waals surface area contributed by atoms with Gasteiger partial charge in [0.25, 0.3) is 0 Å². The first kappa shape index (κ1) is 23.9. The van der Waals surface area contributed by atoms with E-state index >= 15 is 0 Å². The van der Waals surface area contributed by atoms with Crippen molar-refractivity contribution in [2.75, 3.05) is 6.54 Å². The van der Waals surface area contributed by atoms with E-state index in [0.29, 0.717) is 5.56 Å². The van der Waals surface area contributed by atoms with Gasteiger partial charge in [0.1, 0.15) is 28.0 Å². The van der Waals surface area contributed by atoms with Crippen LogP contribution in [0.1, 0.15) is 47.1 Å². The van der Waals surface area contributed by atoms with Crippen LogP contribution in [-0.4, -0.2) is 41.8 Å². The predicted octanol–water partition coefficient (Wildman–Crippen LogP) is 3.86. The van der Waals surface area contributed by atoms with Gasteiger partial charge < -0.3 is 19.5 Å². The maximum Gasteiger partial charge on any atom is 0.514 e. The normalized spacial score (nSPS) is 12.3. The number of nitrogens with one attached hydrogen (secondary N) is 1. The summed E-state index contributed by atoms with van der Waals surface area (Å²) in [7, 11) is 0. The van der Waals surface area contributed by atoms with Crippen molar-refractivity contribution in [3.8, 4) is 5.75 Å². The van der Waals surface area contributed by atoms with E-state index < -0.39 is 41.8 Å². The van der Waals surface area contributed by atoms with E-state index in [9.17, 15) is 14.4 Å². The molecule has 0 saturated carbocycles. The molecule has 1 N–H and O–H groups in total. The number of rotatable bonds is 6. The summed E-state index contributed by atoms with van der Waals surface area (Å²) in [5.41, 5.74) is -0.705. The number of Topliss-reactive ketones (excluding diaryl/α,β-unsaturated/α-hetero) is 1. The highest BCUT2D eigenvalue weighted by atomic mass is 16.7. The SMILES string of the molecule is CC(C)(C)OC(=O)N[C@@H](Cc1ccc(OC(=O)OC(C)(C)C)cc1)C(=O)C[N+]#N. The zero-order valence-corrected chi connectivity index (χ0v) is 17.6. The van der Waals surface area contributed by atoms with Crippen LogP contribution in [-0.2, 0) is 20.7 Å². The zero-order valence-electron chi connectivity index (χ0n) is 17.6. The molecule has 29 heavy (non-hydrogen) atoms. The molecule has 0 fully saturated rings. The molecular weight excluding hydrogens is 378 g/mol. The van der Waals surface area contributed by atoms with Crippen molar-refractivity contribution >= 4 is 18.0 Å². The van der Waals surface area contributed by atoms with E-state index in [1.54, 1.807) is 65.8 Å². The number of carbonyl (C=O) groups is 3. The molecule has 1 amide bonds. The molecule has 9 nitrogen and oxygen atoms in total. The Balaban J connectivity index is 2.80. The first-order valence-electron chi connectivity index (χ1n) is 9.12. The van der Waals surface area contributed by atoms with E-state index in [2.05, 4.69) is 10.3 Å². The van der Waals surface area contributed by atoms with Crippen LogP contribution in [0.2, 0.25) is 0 Å². The highest BCUT2D eigenvalue weighted by Gasteiger charge is 2.27. The number of amides is 1. The lowest BCUT2D eigenvalue weighted by Gasteiger charge is -2.22. The minimum absolute atomic E-state index is 0.139. The van der Waals surface area contributed by atoms with Crippen molar-refractivity contribution in [1.82, 2.24) is 5.32 Å². The second kappa shape index (κ2) is 9.87. The zero-order chi connectivity index (χ0) is 22.2. The molecule has 0 saturated heterocycles. The van der Waals surface area contributed by atoms with Gasteiger partial charge in [0.2, 0.25) is 11.2 Å². The van der Waals surface area contributed by atoms with Gasteiger partial charge in [0.05, 0.1) is 0 Å². The van der Waals surface area contributed by atoms with E-state index in [4.69, 9.17) is 19.6 Å². The van der Waals surface area contributed by atoms with Gasteiger partial charge in [-0.05, 0) is 59.2 Å². The van der Waals surface area contributed by atoms with Gasteiger partial charge in [0.15, 0.2) is 0 Å². The maximum absolute atomic E-state index is 12.2. The van der Waals surface area contributed by atoms with Crippen LogP contribution < -0.4 is 10.1 Å². The number of carbonyl (C=O) groups excluding carboxylic acids is 3. The van der Waals surface area contributed by atoms with Crippen molar-refractivity contribution in [3.63, 3.8) is 0 Å². The smallest absolute Gasteiger partial charge is 0.444 e. The first-order valence-corrected chi connectivity index (χ1v) is 9.12. The number of nitrogens with zero attached hydrogens (tertiary/aromatic N) is 2. The van der Waals surface area contributed by atoms with Gasteiger partial charge in [-0.25, -0.2) is 9.59 Å². The van der Waals surface area contributed by atoms with Gasteiger partial charge in [-0.3, -0.25) is 4.79 Å². The molecule has 0 radical (unpaired) electrons. The fraction of sp³-hybridized carbons (Fsp3) is 0.550. The van der Waals surface area contributed by atoms with Crippen LogP contribution in [0.25, 0.3) is 4.98 Å². The van der Waals surface area contributed by atoms with Crippen LogP contribution >= 0.6 is 0 Å². The maximum atomic E-state index is 12.2. The van der Waals surface area contributed by atoms with Crippen molar-refractivity contribution in [2.45, 2.75) is 65.2 Å². The summed E-state index contributed by atoms with van der Waals surface area (Å²) in [5.74, 6) is -0.205. The fourth-order valence-electron chi connectivity index (χ4n) is 2.17. The topological polar surface area (TPSA) is 119 Å². The Labute approximate surface area is 170 Å². The molecule has 0 bridgehead atoms. The summed E-state index contributed by atoms with van der Waals surface area (Å²) in [5, 5.41) is 11.2. The lowest BCUT2D eigenvalue weighted by molar-refractivity contribution is -0.119. The van der Waals surface area contributed by atoms with Crippen LogP contribution in [0, 0.1) is 5.39 Å². The van der Waals surface area contributed by atoms with Gasteiger partial charge in [-0.15, -0.1) is 0 Å². The Hall–Kier alpha value is -3.15. The summed E-state index contributed by atoms with van der Waals surface area (Å²) in [4.78, 5) is 38.7. The van der Waals surface area contributed by atoms with Crippen molar-refractivity contribution in [1.29, 1.82) is 5.39 Å². The van der Waals surface area contributed by atoms with Crippen LogP contribution in [0.15, 0.2) is 24.3 Å². The molecule has 1 aromatic rings. The molecule has 0 aliphatic rings. The van der Waals surface area contributed by atoms with E-state index in [-0.39, 0.29) is 12.2 Å². The van der Waals surface area contributed by atoms with Gasteiger partial charge in [-0.1, -0.05) is 12.1 Å². The average molecular weight is 406 g/mol. The highest BCUT2D eigenvalue weighted by molar-refractivity contribution is 5.90. The summed E-state index contributed by atoms with van der Waals surface area (Å²) in [6, 6.07) is 5.44. The number of ketones is 1. The number of diazo groups is 1. The second-order valence-corrected chi connectivity index (χ2v) is 8.38. The summed E-state index contributed by atoms with van der Waals surface area (Å²) in [6.45, 7) is 9.84. The van der Waals surface area contributed by atoms with Crippen molar-refractivity contribution in [3.05, 3.63) is 34.8 Å². The number of benzene rings is 1.